The Labute approximate surface area is 63.4 Å². The highest BCUT2D eigenvalue weighted by atomic mass is 32.1. The summed E-state index contributed by atoms with van der Waals surface area (Å²) >= 11 is 4.44. The van der Waals surface area contributed by atoms with Crippen molar-refractivity contribution in [1.82, 2.24) is 0 Å². The van der Waals surface area contributed by atoms with E-state index in [-0.39, 0.29) is 0 Å². The molecule has 1 heteroatoms. The maximum absolute atomic E-state index is 4.44. The Balaban J connectivity index is 2.18. The SMILES string of the molecule is CCC1CCC(S)CC1. The zero-order chi connectivity index (χ0) is 6.69. The molecule has 1 aliphatic carbocycles. The van der Waals surface area contributed by atoms with Crippen LogP contribution in [0.5, 0.6) is 0 Å². The lowest BCUT2D eigenvalue weighted by molar-refractivity contribution is 0.357. The monoisotopic (exact) mass is 144 g/mol. The normalized spacial score (nSPS) is 36.7. The fourth-order valence-corrected chi connectivity index (χ4v) is 1.85. The molecule has 1 rings (SSSR count). The van der Waals surface area contributed by atoms with Crippen molar-refractivity contribution < 1.29 is 0 Å². The van der Waals surface area contributed by atoms with Crippen LogP contribution < -0.4 is 0 Å². The molecule has 0 aromatic rings. The molecule has 0 aromatic heterocycles. The molecule has 54 valence electrons. The van der Waals surface area contributed by atoms with Crippen molar-refractivity contribution in [1.29, 1.82) is 0 Å². The highest BCUT2D eigenvalue weighted by Gasteiger charge is 2.16. The topological polar surface area (TPSA) is 0 Å². The molecule has 0 radical (unpaired) electrons. The van der Waals surface area contributed by atoms with Crippen LogP contribution in [0.2, 0.25) is 0 Å². The maximum atomic E-state index is 4.44. The van der Waals surface area contributed by atoms with Crippen molar-refractivity contribution in [2.24, 2.45) is 5.92 Å². The molecule has 0 nitrogen and oxygen atoms in total. The van der Waals surface area contributed by atoms with Crippen molar-refractivity contribution >= 4 is 12.6 Å². The highest BCUT2D eigenvalue weighted by molar-refractivity contribution is 7.80. The van der Waals surface area contributed by atoms with Gasteiger partial charge >= 0.3 is 0 Å². The lowest BCUT2D eigenvalue weighted by Crippen LogP contribution is -2.13. The van der Waals surface area contributed by atoms with Crippen molar-refractivity contribution in [3.8, 4) is 0 Å². The lowest BCUT2D eigenvalue weighted by Gasteiger charge is -2.24. The largest absolute Gasteiger partial charge is 0.176 e. The van der Waals surface area contributed by atoms with E-state index in [4.69, 9.17) is 0 Å². The van der Waals surface area contributed by atoms with Gasteiger partial charge in [0.05, 0.1) is 0 Å². The summed E-state index contributed by atoms with van der Waals surface area (Å²) in [7, 11) is 0. The van der Waals surface area contributed by atoms with Crippen LogP contribution in [0.3, 0.4) is 0 Å². The van der Waals surface area contributed by atoms with Gasteiger partial charge in [-0.2, -0.15) is 12.6 Å². The van der Waals surface area contributed by atoms with Gasteiger partial charge in [-0.1, -0.05) is 13.3 Å². The minimum Gasteiger partial charge on any atom is -0.176 e. The van der Waals surface area contributed by atoms with Crippen molar-refractivity contribution in [3.05, 3.63) is 0 Å². The molecule has 0 spiro atoms. The molecule has 0 unspecified atom stereocenters. The molecule has 0 aliphatic heterocycles. The van der Waals surface area contributed by atoms with Crippen LogP contribution in [-0.4, -0.2) is 5.25 Å². The maximum Gasteiger partial charge on any atom is 0.00170 e. The predicted molar refractivity (Wildman–Crippen MR) is 45.0 cm³/mol. The smallest absolute Gasteiger partial charge is 0.00170 e. The lowest BCUT2D eigenvalue weighted by atomic mass is 9.87. The van der Waals surface area contributed by atoms with Crippen LogP contribution in [0, 0.1) is 5.92 Å². The first-order valence-corrected chi connectivity index (χ1v) is 4.52. The van der Waals surface area contributed by atoms with E-state index in [2.05, 4.69) is 19.6 Å². The van der Waals surface area contributed by atoms with E-state index in [9.17, 15) is 0 Å². The first-order chi connectivity index (χ1) is 4.33. The molecule has 9 heavy (non-hydrogen) atoms. The summed E-state index contributed by atoms with van der Waals surface area (Å²) in [5.74, 6) is 1.02. The number of hydrogen-bond donors (Lipinski definition) is 1. The Bertz CT molecular complexity index is 72.6. The minimum atomic E-state index is 0.716. The second-order valence-corrected chi connectivity index (χ2v) is 3.81. The Morgan fingerprint density at radius 1 is 1.22 bits per heavy atom. The van der Waals surface area contributed by atoms with Crippen molar-refractivity contribution in [3.63, 3.8) is 0 Å². The average molecular weight is 144 g/mol. The van der Waals surface area contributed by atoms with Crippen LogP contribution >= 0.6 is 12.6 Å². The Kier molecular flexibility index (Phi) is 2.90. The highest BCUT2D eigenvalue weighted by Crippen LogP contribution is 2.28. The molecule has 1 saturated carbocycles. The molecule has 0 saturated heterocycles. The summed E-state index contributed by atoms with van der Waals surface area (Å²) in [6.07, 6.45) is 6.92. The predicted octanol–water partition coefficient (Wildman–Crippen LogP) is 2.89. The van der Waals surface area contributed by atoms with E-state index in [0.717, 1.165) is 5.92 Å². The number of thiol groups is 1. The molecule has 0 heterocycles. The van der Waals surface area contributed by atoms with E-state index >= 15 is 0 Å². The summed E-state index contributed by atoms with van der Waals surface area (Å²) in [5.41, 5.74) is 0. The fourth-order valence-electron chi connectivity index (χ4n) is 1.55. The molecule has 0 amide bonds. The van der Waals surface area contributed by atoms with Crippen LogP contribution in [0.15, 0.2) is 0 Å². The van der Waals surface area contributed by atoms with E-state index in [1.54, 1.807) is 0 Å². The van der Waals surface area contributed by atoms with Crippen LogP contribution in [0.4, 0.5) is 0 Å². The van der Waals surface area contributed by atoms with E-state index < -0.39 is 0 Å². The molecule has 0 aromatic carbocycles. The second kappa shape index (κ2) is 3.50. The van der Waals surface area contributed by atoms with Gasteiger partial charge in [0.2, 0.25) is 0 Å². The Morgan fingerprint density at radius 2 is 1.78 bits per heavy atom. The minimum absolute atomic E-state index is 0.716. The summed E-state index contributed by atoms with van der Waals surface area (Å²) in [6, 6.07) is 0. The quantitative estimate of drug-likeness (QED) is 0.537. The third-order valence-electron chi connectivity index (χ3n) is 2.39. The van der Waals surface area contributed by atoms with Crippen LogP contribution in [0.1, 0.15) is 39.0 Å². The summed E-state index contributed by atoms with van der Waals surface area (Å²) in [5, 5.41) is 0.716. The van der Waals surface area contributed by atoms with Crippen molar-refractivity contribution in [2.45, 2.75) is 44.3 Å². The molecule has 1 fully saturated rings. The van der Waals surface area contributed by atoms with E-state index in [1.807, 2.05) is 0 Å². The van der Waals surface area contributed by atoms with Gasteiger partial charge in [-0.25, -0.2) is 0 Å². The van der Waals surface area contributed by atoms with Gasteiger partial charge in [-0.15, -0.1) is 0 Å². The summed E-state index contributed by atoms with van der Waals surface area (Å²) < 4.78 is 0. The van der Waals surface area contributed by atoms with Gasteiger partial charge in [0, 0.05) is 5.25 Å². The van der Waals surface area contributed by atoms with Gasteiger partial charge in [0.25, 0.3) is 0 Å². The van der Waals surface area contributed by atoms with Gasteiger partial charge < -0.3 is 0 Å². The summed E-state index contributed by atoms with van der Waals surface area (Å²) in [4.78, 5) is 0. The standard InChI is InChI=1S/C8H16S/c1-2-7-3-5-8(9)6-4-7/h7-9H,2-6H2,1H3. The zero-order valence-electron chi connectivity index (χ0n) is 6.14. The zero-order valence-corrected chi connectivity index (χ0v) is 7.03. The Morgan fingerprint density at radius 3 is 2.22 bits per heavy atom. The summed E-state index contributed by atoms with van der Waals surface area (Å²) in [6.45, 7) is 2.30. The first kappa shape index (κ1) is 7.46. The first-order valence-electron chi connectivity index (χ1n) is 4.01. The second-order valence-electron chi connectivity index (χ2n) is 3.08. The number of hydrogen-bond acceptors (Lipinski definition) is 1. The molecular weight excluding hydrogens is 128 g/mol. The fraction of sp³-hybridized carbons (Fsp3) is 1.00. The van der Waals surface area contributed by atoms with Crippen LogP contribution in [0.25, 0.3) is 0 Å². The van der Waals surface area contributed by atoms with Gasteiger partial charge in [-0.3, -0.25) is 0 Å². The van der Waals surface area contributed by atoms with E-state index in [0.29, 0.717) is 5.25 Å². The van der Waals surface area contributed by atoms with E-state index in [1.165, 1.54) is 32.1 Å². The van der Waals surface area contributed by atoms with Gasteiger partial charge in [-0.05, 0) is 31.6 Å². The third-order valence-corrected chi connectivity index (χ3v) is 2.91. The third kappa shape index (κ3) is 2.21. The Hall–Kier alpha value is 0.350. The van der Waals surface area contributed by atoms with Gasteiger partial charge in [0.15, 0.2) is 0 Å². The van der Waals surface area contributed by atoms with Crippen molar-refractivity contribution in [2.75, 3.05) is 0 Å². The molecular formula is C8H16S. The molecule has 0 bridgehead atoms. The molecule has 0 atom stereocenters. The van der Waals surface area contributed by atoms with Crippen LogP contribution in [-0.2, 0) is 0 Å². The van der Waals surface area contributed by atoms with Gasteiger partial charge in [0.1, 0.15) is 0 Å². The average Bonchev–Trinajstić information content (AvgIpc) is 1.90. The molecule has 1 aliphatic rings. The number of rotatable bonds is 1. The molecule has 0 N–H and O–H groups in total.